The number of hydrogen-bond acceptors (Lipinski definition) is 19. The molecule has 0 radical (unpaired) electrons. The highest BCUT2D eigenvalue weighted by atomic mass is 31.3. The molecule has 2 saturated heterocycles. The normalized spacial score (nSPS) is 25.6. The summed E-state index contributed by atoms with van der Waals surface area (Å²) in [6.45, 7) is 4.97. The van der Waals surface area contributed by atoms with E-state index in [4.69, 9.17) is 33.4 Å². The van der Waals surface area contributed by atoms with E-state index in [1.54, 1.807) is 39.8 Å². The van der Waals surface area contributed by atoms with Crippen molar-refractivity contribution < 1.29 is 89.3 Å². The molecular weight excluding hydrogens is 929 g/mol. The van der Waals surface area contributed by atoms with E-state index in [2.05, 4.69) is 19.3 Å². The topological polar surface area (TPSA) is 328 Å². The van der Waals surface area contributed by atoms with Crippen LogP contribution in [0.4, 0.5) is 19.0 Å². The van der Waals surface area contributed by atoms with Crippen LogP contribution in [0.25, 0.3) is 22.1 Å². The predicted molar refractivity (Wildman–Crippen MR) is 219 cm³/mol. The van der Waals surface area contributed by atoms with Crippen molar-refractivity contribution in [3.8, 4) is 5.75 Å². The molecule has 2 aromatic carbocycles. The van der Waals surface area contributed by atoms with Crippen LogP contribution in [-0.2, 0) is 54.8 Å². The standard InChI is InChI=1S/C39H44F3N5O17P2/c1-17-7-18(2)28(38(3,4)12-20(48)9-19-5-6-21-22(39(40,41)42)11-27(49)60-23(21)10-19)24(8-17)62-37-33(53)31(51)26(63-37)14-59-66(56,57)64-65(54,55)58-13-25-30(50)32(52)36(61-25)47-16-46-29-34(43)44-15-45-35(29)47/h5-8,10-11,15-16,25-26,30-33,36-37,50-53H,9,12-14H2,1-4H3,(H,54,55)(H,56,57)(H2,43,44,45)/t25?,26?,30-,31-,32-,33-,36-,37?/m1/s1. The van der Waals surface area contributed by atoms with Gasteiger partial charge in [0.2, 0.25) is 6.29 Å². The van der Waals surface area contributed by atoms with Crippen molar-refractivity contribution in [1.82, 2.24) is 19.5 Å². The van der Waals surface area contributed by atoms with Crippen LogP contribution >= 0.6 is 15.6 Å². The van der Waals surface area contributed by atoms with Gasteiger partial charge in [-0.3, -0.25) is 18.4 Å². The molecule has 0 bridgehead atoms. The number of nitrogens with zero attached hydrogens (tertiary/aromatic N) is 4. The zero-order valence-electron chi connectivity index (χ0n) is 35.1. The van der Waals surface area contributed by atoms with Crippen molar-refractivity contribution in [3.05, 3.63) is 87.3 Å². The number of nitrogens with two attached hydrogens (primary N) is 1. The number of aryl methyl sites for hydroxylation is 2. The Morgan fingerprint density at radius 3 is 2.21 bits per heavy atom. The Hall–Kier alpha value is -4.72. The van der Waals surface area contributed by atoms with Gasteiger partial charge in [-0.05, 0) is 42.7 Å². The molecule has 27 heteroatoms. The average molecular weight is 974 g/mol. The summed E-state index contributed by atoms with van der Waals surface area (Å²) in [7, 11) is -11.0. The molecular formula is C39H44F3N5O17P2. The molecule has 2 fully saturated rings. The highest BCUT2D eigenvalue weighted by Gasteiger charge is 2.49. The molecule has 22 nitrogen and oxygen atoms in total. The van der Waals surface area contributed by atoms with Gasteiger partial charge in [0.05, 0.1) is 25.1 Å². The largest absolute Gasteiger partial charge is 0.481 e. The first kappa shape index (κ1) is 49.2. The maximum atomic E-state index is 13.6. The Morgan fingerprint density at radius 1 is 0.894 bits per heavy atom. The number of fused-ring (bicyclic) bond motifs is 2. The Kier molecular flexibility index (Phi) is 13.7. The Bertz CT molecular complexity index is 2810. The molecule has 0 saturated carbocycles. The minimum absolute atomic E-state index is 0.0238. The zero-order chi connectivity index (χ0) is 48.3. The fourth-order valence-electron chi connectivity index (χ4n) is 8.05. The second kappa shape index (κ2) is 18.4. The number of carbonyl (C=O) groups is 1. The third kappa shape index (κ3) is 10.5. The number of aliphatic hydroxyl groups excluding tert-OH is 4. The van der Waals surface area contributed by atoms with Crippen LogP contribution in [0.5, 0.6) is 5.75 Å². The van der Waals surface area contributed by atoms with E-state index in [9.17, 15) is 62.1 Å². The number of anilines is 1. The van der Waals surface area contributed by atoms with Crippen LogP contribution in [0.1, 0.15) is 54.3 Å². The SMILES string of the molecule is Cc1cc(C)c(C(C)(C)CC(=O)Cc2ccc3c(C(F)(F)F)cc(=O)oc3c2)c(OC2OC(COP(=O)(O)OP(=O)(O)OCC3O[C@@H](n4cnc5c(N)ncnc54)[C@H](O)[C@@H]3O)[C@@H](O)[C@H]2O)c1. The molecule has 5 unspecified atom stereocenters. The van der Waals surface area contributed by atoms with Gasteiger partial charge in [0.1, 0.15) is 65.6 Å². The van der Waals surface area contributed by atoms with E-state index in [0.29, 0.717) is 22.8 Å². The lowest BCUT2D eigenvalue weighted by atomic mass is 9.76. The first-order valence-electron chi connectivity index (χ1n) is 19.8. The highest BCUT2D eigenvalue weighted by molar-refractivity contribution is 7.61. The monoisotopic (exact) mass is 973 g/mol. The average Bonchev–Trinajstić information content (AvgIpc) is 3.84. The maximum Gasteiger partial charge on any atom is 0.481 e. The van der Waals surface area contributed by atoms with Gasteiger partial charge >= 0.3 is 27.4 Å². The minimum atomic E-state index is -5.52. The molecule has 5 heterocycles. The highest BCUT2D eigenvalue weighted by Crippen LogP contribution is 2.61. The number of carbonyl (C=O) groups excluding carboxylic acids is 1. The van der Waals surface area contributed by atoms with Crippen LogP contribution in [0.15, 0.2) is 58.3 Å². The van der Waals surface area contributed by atoms with E-state index in [0.717, 1.165) is 12.4 Å². The first-order valence-corrected chi connectivity index (χ1v) is 22.8. The fourth-order valence-corrected chi connectivity index (χ4v) is 10.1. The van der Waals surface area contributed by atoms with Gasteiger partial charge in [0.15, 0.2) is 17.7 Å². The molecule has 0 amide bonds. The predicted octanol–water partition coefficient (Wildman–Crippen LogP) is 3.03. The zero-order valence-corrected chi connectivity index (χ0v) is 36.9. The lowest BCUT2D eigenvalue weighted by Gasteiger charge is -2.30. The van der Waals surface area contributed by atoms with Gasteiger partial charge in [0, 0.05) is 35.3 Å². The fraction of sp³-hybridized carbons (Fsp3) is 0.462. The van der Waals surface area contributed by atoms with Gasteiger partial charge in [-0.15, -0.1) is 0 Å². The van der Waals surface area contributed by atoms with Crippen LogP contribution in [0.2, 0.25) is 0 Å². The van der Waals surface area contributed by atoms with Crippen molar-refractivity contribution in [1.29, 1.82) is 0 Å². The number of nitrogen functional groups attached to an aromatic ring is 1. The van der Waals surface area contributed by atoms with Crippen molar-refractivity contribution in [2.75, 3.05) is 18.9 Å². The molecule has 2 aliphatic rings. The van der Waals surface area contributed by atoms with Crippen molar-refractivity contribution in [2.45, 2.75) is 101 Å². The number of aliphatic hydroxyl groups is 4. The third-order valence-electron chi connectivity index (χ3n) is 10.8. The second-order valence-corrected chi connectivity index (χ2v) is 19.5. The molecule has 3 aromatic heterocycles. The number of alkyl halides is 3. The molecule has 0 aliphatic carbocycles. The van der Waals surface area contributed by atoms with Gasteiger partial charge in [0.25, 0.3) is 0 Å². The molecule has 5 aromatic rings. The lowest BCUT2D eigenvalue weighted by Crippen LogP contribution is -2.36. The lowest BCUT2D eigenvalue weighted by molar-refractivity contribution is -0.136. The van der Waals surface area contributed by atoms with E-state index < -0.39 is 101 Å². The summed E-state index contributed by atoms with van der Waals surface area (Å²) in [6, 6.07) is 7.39. The molecule has 66 heavy (non-hydrogen) atoms. The number of ether oxygens (including phenoxy) is 3. The van der Waals surface area contributed by atoms with Gasteiger partial charge < -0.3 is 54.6 Å². The van der Waals surface area contributed by atoms with Crippen LogP contribution in [0.3, 0.4) is 0 Å². The molecule has 0 spiro atoms. The van der Waals surface area contributed by atoms with E-state index in [1.807, 2.05) is 0 Å². The Labute approximate surface area is 370 Å². The molecule has 8 N–H and O–H groups in total. The summed E-state index contributed by atoms with van der Waals surface area (Å²) in [5, 5.41) is 42.6. The quantitative estimate of drug-likeness (QED) is 0.0552. The summed E-state index contributed by atoms with van der Waals surface area (Å²) in [6.07, 6.45) is -15.9. The minimum Gasteiger partial charge on any atom is -0.462 e. The van der Waals surface area contributed by atoms with Crippen LogP contribution in [0, 0.1) is 13.8 Å². The summed E-state index contributed by atoms with van der Waals surface area (Å²) < 4.78 is 104. The number of halogens is 3. The van der Waals surface area contributed by atoms with Crippen LogP contribution in [-0.4, -0.2) is 112 Å². The number of ketones is 1. The summed E-state index contributed by atoms with van der Waals surface area (Å²) >= 11 is 0. The summed E-state index contributed by atoms with van der Waals surface area (Å²) in [4.78, 5) is 57.9. The van der Waals surface area contributed by atoms with E-state index in [1.165, 1.54) is 23.0 Å². The summed E-state index contributed by atoms with van der Waals surface area (Å²) in [5.41, 5.74) is 4.47. The van der Waals surface area contributed by atoms with Crippen LogP contribution < -0.4 is 16.1 Å². The number of aromatic nitrogens is 4. The smallest absolute Gasteiger partial charge is 0.462 e. The second-order valence-electron chi connectivity index (χ2n) is 16.4. The van der Waals surface area contributed by atoms with Gasteiger partial charge in [-0.2, -0.15) is 17.5 Å². The first-order chi connectivity index (χ1) is 30.7. The van der Waals surface area contributed by atoms with Gasteiger partial charge in [-0.25, -0.2) is 28.9 Å². The van der Waals surface area contributed by atoms with Crippen molar-refractivity contribution in [2.24, 2.45) is 0 Å². The van der Waals surface area contributed by atoms with E-state index >= 15 is 0 Å². The molecule has 358 valence electrons. The van der Waals surface area contributed by atoms with E-state index in [-0.39, 0.29) is 57.9 Å². The number of phosphoric acid groups is 2. The van der Waals surface area contributed by atoms with Crippen molar-refractivity contribution >= 4 is 49.4 Å². The van der Waals surface area contributed by atoms with Gasteiger partial charge in [-0.1, -0.05) is 32.0 Å². The Balaban J connectivity index is 0.957. The number of hydrogen-bond donors (Lipinski definition) is 7. The summed E-state index contributed by atoms with van der Waals surface area (Å²) in [5.74, 6) is -0.204. The number of Topliss-reactive ketones (excluding diaryl/α,β-unsaturated/α-hetero) is 1. The van der Waals surface area contributed by atoms with Crippen molar-refractivity contribution in [3.63, 3.8) is 0 Å². The maximum absolute atomic E-state index is 13.6. The molecule has 2 aliphatic heterocycles. The number of rotatable bonds is 16. The number of phosphoric ester groups is 2. The molecule has 7 rings (SSSR count). The third-order valence-corrected chi connectivity index (χ3v) is 13.4. The Morgan fingerprint density at radius 2 is 1.55 bits per heavy atom. The molecule has 10 atom stereocenters. The number of imidazole rings is 1. The number of benzene rings is 2.